The third-order valence-electron chi connectivity index (χ3n) is 3.61. The highest BCUT2D eigenvalue weighted by molar-refractivity contribution is 7.92. The molecule has 1 aromatic heterocycles. The van der Waals surface area contributed by atoms with Gasteiger partial charge in [-0.1, -0.05) is 12.1 Å². The maximum atomic E-state index is 12.6. The van der Waals surface area contributed by atoms with E-state index in [-0.39, 0.29) is 16.1 Å². The van der Waals surface area contributed by atoms with Crippen LogP contribution in [0.4, 0.5) is 11.4 Å². The van der Waals surface area contributed by atoms with E-state index in [9.17, 15) is 18.5 Å². The molecular weight excluding hydrogens is 344 g/mol. The van der Waals surface area contributed by atoms with Crippen LogP contribution in [0.1, 0.15) is 5.56 Å². The van der Waals surface area contributed by atoms with Crippen molar-refractivity contribution in [2.45, 2.75) is 11.8 Å². The fraction of sp³-hybridized carbons (Fsp3) is 0.0625. The van der Waals surface area contributed by atoms with Gasteiger partial charge >= 0.3 is 0 Å². The molecule has 0 aliphatic carbocycles. The molecule has 0 bridgehead atoms. The predicted octanol–water partition coefficient (Wildman–Crippen LogP) is 2.89. The highest BCUT2D eigenvalue weighted by Crippen LogP contribution is 2.26. The van der Waals surface area contributed by atoms with Crippen LogP contribution in [0.5, 0.6) is 0 Å². The molecule has 0 aliphatic rings. The summed E-state index contributed by atoms with van der Waals surface area (Å²) in [7, 11) is -3.97. The molecule has 1 heterocycles. The summed E-state index contributed by atoms with van der Waals surface area (Å²) in [5.74, 6) is 0. The van der Waals surface area contributed by atoms with Gasteiger partial charge in [-0.2, -0.15) is 5.10 Å². The van der Waals surface area contributed by atoms with Crippen LogP contribution in [0.2, 0.25) is 0 Å². The lowest BCUT2D eigenvalue weighted by Gasteiger charge is -2.11. The number of hydrogen-bond acceptors (Lipinski definition) is 5. The van der Waals surface area contributed by atoms with Gasteiger partial charge in [0, 0.05) is 24.0 Å². The molecular formula is C16H14N4O4S. The van der Waals surface area contributed by atoms with Gasteiger partial charge in [0.2, 0.25) is 0 Å². The topological polar surface area (TPSA) is 107 Å². The average Bonchev–Trinajstić information content (AvgIpc) is 3.09. The number of sulfonamides is 1. The zero-order valence-electron chi connectivity index (χ0n) is 13.2. The fourth-order valence-corrected chi connectivity index (χ4v) is 3.75. The minimum absolute atomic E-state index is 0.0863. The molecule has 9 heteroatoms. The lowest BCUT2D eigenvalue weighted by molar-refractivity contribution is -0.385. The van der Waals surface area contributed by atoms with Crippen LogP contribution in [0.15, 0.2) is 65.8 Å². The van der Waals surface area contributed by atoms with Crippen molar-refractivity contribution in [1.29, 1.82) is 0 Å². The Bertz CT molecular complexity index is 1030. The van der Waals surface area contributed by atoms with Crippen molar-refractivity contribution in [1.82, 2.24) is 9.78 Å². The van der Waals surface area contributed by atoms with E-state index < -0.39 is 14.9 Å². The van der Waals surface area contributed by atoms with E-state index in [2.05, 4.69) is 9.82 Å². The first kappa shape index (κ1) is 16.7. The average molecular weight is 358 g/mol. The van der Waals surface area contributed by atoms with E-state index in [0.717, 1.165) is 0 Å². The SMILES string of the molecule is Cc1c([N+](=O)[O-])cccc1S(=O)(=O)Nc1cccc(-n2cccn2)c1. The fourth-order valence-electron chi connectivity index (χ4n) is 2.44. The summed E-state index contributed by atoms with van der Waals surface area (Å²) in [6.07, 6.45) is 3.35. The van der Waals surface area contributed by atoms with Crippen molar-refractivity contribution >= 4 is 21.4 Å². The Morgan fingerprint density at radius 2 is 1.92 bits per heavy atom. The van der Waals surface area contributed by atoms with Crippen LogP contribution in [0, 0.1) is 17.0 Å². The molecule has 128 valence electrons. The summed E-state index contributed by atoms with van der Waals surface area (Å²) in [5, 5.41) is 15.1. The van der Waals surface area contributed by atoms with Gasteiger partial charge in [0.25, 0.3) is 15.7 Å². The molecule has 0 aliphatic heterocycles. The third-order valence-corrected chi connectivity index (χ3v) is 5.13. The van der Waals surface area contributed by atoms with Gasteiger partial charge in [-0.15, -0.1) is 0 Å². The summed E-state index contributed by atoms with van der Waals surface area (Å²) < 4.78 is 29.3. The predicted molar refractivity (Wildman–Crippen MR) is 92.2 cm³/mol. The van der Waals surface area contributed by atoms with E-state index in [1.807, 2.05) is 0 Å². The minimum Gasteiger partial charge on any atom is -0.280 e. The number of rotatable bonds is 5. The van der Waals surface area contributed by atoms with Gasteiger partial charge in [-0.3, -0.25) is 14.8 Å². The van der Waals surface area contributed by atoms with Crippen molar-refractivity contribution in [2.75, 3.05) is 4.72 Å². The van der Waals surface area contributed by atoms with E-state index in [1.54, 1.807) is 47.4 Å². The smallest absolute Gasteiger partial charge is 0.273 e. The van der Waals surface area contributed by atoms with Gasteiger partial charge < -0.3 is 0 Å². The molecule has 1 N–H and O–H groups in total. The summed E-state index contributed by atoms with van der Waals surface area (Å²) in [4.78, 5) is 10.3. The Morgan fingerprint density at radius 1 is 1.16 bits per heavy atom. The molecule has 3 aromatic rings. The summed E-state index contributed by atoms with van der Waals surface area (Å²) in [6.45, 7) is 1.41. The number of anilines is 1. The largest absolute Gasteiger partial charge is 0.280 e. The first-order valence-electron chi connectivity index (χ1n) is 7.25. The highest BCUT2D eigenvalue weighted by atomic mass is 32.2. The molecule has 0 saturated heterocycles. The number of nitrogens with zero attached hydrogens (tertiary/aromatic N) is 3. The van der Waals surface area contributed by atoms with Crippen molar-refractivity contribution in [3.63, 3.8) is 0 Å². The van der Waals surface area contributed by atoms with Crippen molar-refractivity contribution in [2.24, 2.45) is 0 Å². The van der Waals surface area contributed by atoms with Crippen molar-refractivity contribution in [3.05, 3.63) is 76.6 Å². The van der Waals surface area contributed by atoms with Gasteiger partial charge in [-0.05, 0) is 37.3 Å². The summed E-state index contributed by atoms with van der Waals surface area (Å²) >= 11 is 0. The van der Waals surface area contributed by atoms with Crippen molar-refractivity contribution in [3.8, 4) is 5.69 Å². The maximum Gasteiger partial charge on any atom is 0.273 e. The highest BCUT2D eigenvalue weighted by Gasteiger charge is 2.23. The Balaban J connectivity index is 1.97. The number of hydrogen-bond donors (Lipinski definition) is 1. The Hall–Kier alpha value is -3.20. The second-order valence-corrected chi connectivity index (χ2v) is 6.91. The number of nitrogens with one attached hydrogen (secondary N) is 1. The number of nitro benzene ring substituents is 1. The van der Waals surface area contributed by atoms with Gasteiger partial charge in [0.05, 0.1) is 21.2 Å². The lowest BCUT2D eigenvalue weighted by Crippen LogP contribution is -2.15. The Kier molecular flexibility index (Phi) is 4.24. The van der Waals surface area contributed by atoms with Gasteiger partial charge in [0.15, 0.2) is 0 Å². The molecule has 0 atom stereocenters. The van der Waals surface area contributed by atoms with Crippen LogP contribution in [0.25, 0.3) is 5.69 Å². The minimum atomic E-state index is -3.97. The number of benzene rings is 2. The van der Waals surface area contributed by atoms with E-state index in [0.29, 0.717) is 11.4 Å². The quantitative estimate of drug-likeness (QED) is 0.557. The molecule has 0 amide bonds. The normalized spacial score (nSPS) is 11.2. The molecule has 25 heavy (non-hydrogen) atoms. The molecule has 3 rings (SSSR count). The van der Waals surface area contributed by atoms with Crippen LogP contribution in [0.3, 0.4) is 0 Å². The second kappa shape index (κ2) is 6.36. The van der Waals surface area contributed by atoms with Crippen LogP contribution in [-0.2, 0) is 10.0 Å². The van der Waals surface area contributed by atoms with E-state index in [4.69, 9.17) is 0 Å². The van der Waals surface area contributed by atoms with E-state index >= 15 is 0 Å². The molecule has 0 unspecified atom stereocenters. The Morgan fingerprint density at radius 3 is 2.60 bits per heavy atom. The molecule has 2 aromatic carbocycles. The molecule has 0 radical (unpaired) electrons. The molecule has 0 saturated carbocycles. The lowest BCUT2D eigenvalue weighted by atomic mass is 10.2. The first-order chi connectivity index (χ1) is 11.9. The first-order valence-corrected chi connectivity index (χ1v) is 8.74. The maximum absolute atomic E-state index is 12.6. The van der Waals surface area contributed by atoms with Crippen molar-refractivity contribution < 1.29 is 13.3 Å². The van der Waals surface area contributed by atoms with Crippen LogP contribution < -0.4 is 4.72 Å². The number of nitro groups is 1. The van der Waals surface area contributed by atoms with Gasteiger partial charge in [0.1, 0.15) is 0 Å². The molecule has 8 nitrogen and oxygen atoms in total. The molecule has 0 spiro atoms. The summed E-state index contributed by atoms with van der Waals surface area (Å²) in [5.41, 5.74) is 0.858. The Labute approximate surface area is 143 Å². The summed E-state index contributed by atoms with van der Waals surface area (Å²) in [6, 6.07) is 12.4. The zero-order valence-corrected chi connectivity index (χ0v) is 14.0. The second-order valence-electron chi connectivity index (χ2n) is 5.26. The zero-order chi connectivity index (χ0) is 18.0. The van der Waals surface area contributed by atoms with Gasteiger partial charge in [-0.25, -0.2) is 13.1 Å². The molecule has 0 fully saturated rings. The standard InChI is InChI=1S/C16H14N4O4S/c1-12-15(20(21)22)7-3-8-16(12)25(23,24)18-13-5-2-6-14(11-13)19-10-4-9-17-19/h2-11,18H,1H3. The third kappa shape index (κ3) is 3.36. The van der Waals surface area contributed by atoms with Crippen LogP contribution in [-0.4, -0.2) is 23.1 Å². The van der Waals surface area contributed by atoms with Crippen LogP contribution >= 0.6 is 0 Å². The van der Waals surface area contributed by atoms with E-state index in [1.165, 1.54) is 25.1 Å². The monoisotopic (exact) mass is 358 g/mol. The number of aromatic nitrogens is 2.